The van der Waals surface area contributed by atoms with Crippen LogP contribution in [0.3, 0.4) is 0 Å². The van der Waals surface area contributed by atoms with E-state index < -0.39 is 0 Å². The van der Waals surface area contributed by atoms with E-state index in [4.69, 9.17) is 25.9 Å². The molecule has 0 fully saturated rings. The molecule has 3 aromatic rings. The number of anilines is 1. The number of rotatable bonds is 8. The number of hydrogen-bond acceptors (Lipinski definition) is 7. The van der Waals surface area contributed by atoms with Crippen LogP contribution < -0.4 is 20.9 Å². The molecule has 0 aliphatic carbocycles. The Labute approximate surface area is 172 Å². The predicted octanol–water partition coefficient (Wildman–Crippen LogP) is 3.25. The lowest BCUT2D eigenvalue weighted by Gasteiger charge is -2.11. The van der Waals surface area contributed by atoms with Crippen LogP contribution >= 0.6 is 11.8 Å². The Morgan fingerprint density at radius 1 is 1.24 bits per heavy atom. The number of aryl methyl sites for hydroxylation is 2. The van der Waals surface area contributed by atoms with Gasteiger partial charge in [-0.05, 0) is 43.5 Å². The average molecular weight is 414 g/mol. The number of amides is 1. The highest BCUT2D eigenvalue weighted by atomic mass is 32.2. The van der Waals surface area contributed by atoms with Gasteiger partial charge in [0.1, 0.15) is 5.52 Å². The molecule has 1 aliphatic heterocycles. The number of aromatic nitrogens is 3. The largest absolute Gasteiger partial charge is 0.454 e. The van der Waals surface area contributed by atoms with E-state index in [1.807, 2.05) is 25.1 Å². The third kappa shape index (κ3) is 4.09. The number of nitrogens with two attached hydrogens (primary N) is 2. The zero-order valence-corrected chi connectivity index (χ0v) is 17.0. The monoisotopic (exact) mass is 413 g/mol. The molecule has 8 nitrogen and oxygen atoms in total. The maximum atomic E-state index is 10.9. The van der Waals surface area contributed by atoms with E-state index >= 15 is 0 Å². The van der Waals surface area contributed by atoms with E-state index in [2.05, 4.69) is 9.55 Å². The normalized spacial score (nSPS) is 12.6. The van der Waals surface area contributed by atoms with E-state index in [0.717, 1.165) is 58.4 Å². The minimum absolute atomic E-state index is 0.245. The van der Waals surface area contributed by atoms with E-state index in [-0.39, 0.29) is 12.7 Å². The molecule has 0 radical (unpaired) electrons. The van der Waals surface area contributed by atoms with Crippen LogP contribution in [-0.4, -0.2) is 27.2 Å². The number of nitrogen functional groups attached to an aromatic ring is 1. The first kappa shape index (κ1) is 19.4. The number of primary amides is 1. The van der Waals surface area contributed by atoms with Gasteiger partial charge in [0.2, 0.25) is 12.7 Å². The van der Waals surface area contributed by atoms with Crippen molar-refractivity contribution in [1.29, 1.82) is 0 Å². The molecule has 0 atom stereocenters. The molecular weight excluding hydrogens is 390 g/mol. The van der Waals surface area contributed by atoms with Crippen LogP contribution in [0.1, 0.15) is 31.2 Å². The summed E-state index contributed by atoms with van der Waals surface area (Å²) < 4.78 is 13.1. The second-order valence-corrected chi connectivity index (χ2v) is 7.97. The summed E-state index contributed by atoms with van der Waals surface area (Å²) in [5, 5.41) is 0.844. The van der Waals surface area contributed by atoms with Crippen LogP contribution in [0.4, 0.5) is 5.82 Å². The van der Waals surface area contributed by atoms with Crippen molar-refractivity contribution in [2.75, 3.05) is 12.5 Å². The minimum Gasteiger partial charge on any atom is -0.454 e. The Hall–Kier alpha value is -2.94. The van der Waals surface area contributed by atoms with Gasteiger partial charge in [-0.25, -0.2) is 9.97 Å². The second kappa shape index (κ2) is 8.20. The summed E-state index contributed by atoms with van der Waals surface area (Å²) in [4.78, 5) is 20.9. The summed E-state index contributed by atoms with van der Waals surface area (Å²) >= 11 is 1.57. The molecule has 2 aromatic heterocycles. The Kier molecular flexibility index (Phi) is 5.48. The lowest BCUT2D eigenvalue weighted by atomic mass is 10.2. The average Bonchev–Trinajstić information content (AvgIpc) is 3.27. The van der Waals surface area contributed by atoms with Gasteiger partial charge in [0.15, 0.2) is 22.5 Å². The van der Waals surface area contributed by atoms with Gasteiger partial charge in [-0.2, -0.15) is 0 Å². The number of carbonyl (C=O) groups excluding carboxylic acids is 1. The topological polar surface area (TPSA) is 118 Å². The lowest BCUT2D eigenvalue weighted by molar-refractivity contribution is -0.118. The quantitative estimate of drug-likeness (QED) is 0.544. The van der Waals surface area contributed by atoms with Crippen LogP contribution in [0.25, 0.3) is 11.0 Å². The van der Waals surface area contributed by atoms with E-state index in [1.165, 1.54) is 0 Å². The first-order valence-electron chi connectivity index (χ1n) is 9.50. The SMILES string of the molecule is Cc1cc2c(cc1Sc1nc3c(N)nccc3n1CCCCCC(N)=O)OCO2. The molecule has 0 saturated carbocycles. The van der Waals surface area contributed by atoms with Gasteiger partial charge < -0.3 is 25.5 Å². The molecule has 1 amide bonds. The molecule has 0 saturated heterocycles. The van der Waals surface area contributed by atoms with Crippen molar-refractivity contribution in [3.8, 4) is 11.5 Å². The van der Waals surface area contributed by atoms with Crippen LogP contribution in [0.5, 0.6) is 11.5 Å². The summed E-state index contributed by atoms with van der Waals surface area (Å²) in [7, 11) is 0. The Morgan fingerprint density at radius 3 is 2.83 bits per heavy atom. The van der Waals surface area contributed by atoms with Gasteiger partial charge in [0.05, 0.1) is 5.52 Å². The highest BCUT2D eigenvalue weighted by Crippen LogP contribution is 2.41. The van der Waals surface area contributed by atoms with Crippen molar-refractivity contribution in [3.05, 3.63) is 30.0 Å². The van der Waals surface area contributed by atoms with Crippen LogP contribution in [-0.2, 0) is 11.3 Å². The number of unbranched alkanes of at least 4 members (excludes halogenated alkanes) is 2. The fraction of sp³-hybridized carbons (Fsp3) is 0.350. The molecule has 152 valence electrons. The lowest BCUT2D eigenvalue weighted by Crippen LogP contribution is -2.09. The van der Waals surface area contributed by atoms with Gasteiger partial charge in [-0.3, -0.25) is 4.79 Å². The third-order valence-corrected chi connectivity index (χ3v) is 5.99. The van der Waals surface area contributed by atoms with Gasteiger partial charge in [-0.1, -0.05) is 18.2 Å². The molecule has 4 rings (SSSR count). The summed E-state index contributed by atoms with van der Waals surface area (Å²) in [5.41, 5.74) is 14.0. The van der Waals surface area contributed by atoms with Crippen LogP contribution in [0.2, 0.25) is 0 Å². The molecule has 0 spiro atoms. The Morgan fingerprint density at radius 2 is 2.03 bits per heavy atom. The Bertz CT molecular complexity index is 1070. The Balaban J connectivity index is 1.61. The number of benzene rings is 1. The summed E-state index contributed by atoms with van der Waals surface area (Å²) in [5.74, 6) is 1.67. The summed E-state index contributed by atoms with van der Waals surface area (Å²) in [6.45, 7) is 3.05. The zero-order valence-electron chi connectivity index (χ0n) is 16.2. The smallest absolute Gasteiger partial charge is 0.231 e. The number of nitrogens with zero attached hydrogens (tertiary/aromatic N) is 3. The number of hydrogen-bond donors (Lipinski definition) is 2. The molecule has 0 unspecified atom stereocenters. The van der Waals surface area contributed by atoms with E-state index in [9.17, 15) is 4.79 Å². The van der Waals surface area contributed by atoms with Crippen LogP contribution in [0.15, 0.2) is 34.4 Å². The second-order valence-electron chi connectivity index (χ2n) is 6.96. The minimum atomic E-state index is -0.258. The molecule has 0 bridgehead atoms. The van der Waals surface area contributed by atoms with Crippen molar-refractivity contribution in [2.24, 2.45) is 5.73 Å². The van der Waals surface area contributed by atoms with Gasteiger partial charge in [0, 0.05) is 24.1 Å². The van der Waals surface area contributed by atoms with Gasteiger partial charge in [0.25, 0.3) is 0 Å². The fourth-order valence-corrected chi connectivity index (χ4v) is 4.34. The number of carbonyl (C=O) groups is 1. The number of imidazole rings is 1. The van der Waals surface area contributed by atoms with E-state index in [0.29, 0.717) is 17.8 Å². The number of ether oxygens (including phenoxy) is 2. The zero-order chi connectivity index (χ0) is 20.4. The maximum Gasteiger partial charge on any atom is 0.231 e. The first-order chi connectivity index (χ1) is 14.0. The molecule has 3 heterocycles. The van der Waals surface area contributed by atoms with E-state index in [1.54, 1.807) is 18.0 Å². The standard InChI is InChI=1S/C20H23N5O3S/c1-12-9-14-15(28-11-27-14)10-16(12)29-20-24-18-13(6-7-23-19(18)22)25(20)8-4-2-3-5-17(21)26/h6-7,9-10H,2-5,8,11H2,1H3,(H2,21,26)(H2,22,23). The molecule has 4 N–H and O–H groups in total. The molecule has 1 aliphatic rings. The molecular formula is C20H23N5O3S. The van der Waals surface area contributed by atoms with Crippen molar-refractivity contribution >= 4 is 34.5 Å². The van der Waals surface area contributed by atoms with Gasteiger partial charge in [-0.15, -0.1) is 0 Å². The fourth-order valence-electron chi connectivity index (χ4n) is 3.32. The van der Waals surface area contributed by atoms with Gasteiger partial charge >= 0.3 is 0 Å². The molecule has 9 heteroatoms. The van der Waals surface area contributed by atoms with Crippen molar-refractivity contribution in [2.45, 2.75) is 49.2 Å². The number of pyridine rings is 1. The summed E-state index contributed by atoms with van der Waals surface area (Å²) in [6.07, 6.45) is 4.73. The molecule has 29 heavy (non-hydrogen) atoms. The first-order valence-corrected chi connectivity index (χ1v) is 10.3. The highest BCUT2D eigenvalue weighted by Gasteiger charge is 2.19. The summed E-state index contributed by atoms with van der Waals surface area (Å²) in [6, 6.07) is 5.90. The van der Waals surface area contributed by atoms with Crippen molar-refractivity contribution < 1.29 is 14.3 Å². The third-order valence-electron chi connectivity index (χ3n) is 4.84. The van der Waals surface area contributed by atoms with Crippen molar-refractivity contribution in [1.82, 2.24) is 14.5 Å². The highest BCUT2D eigenvalue weighted by molar-refractivity contribution is 7.99. The predicted molar refractivity (Wildman–Crippen MR) is 111 cm³/mol. The van der Waals surface area contributed by atoms with Crippen LogP contribution in [0, 0.1) is 6.92 Å². The number of fused-ring (bicyclic) bond motifs is 2. The molecule has 1 aromatic carbocycles. The van der Waals surface area contributed by atoms with Crippen molar-refractivity contribution in [3.63, 3.8) is 0 Å². The maximum absolute atomic E-state index is 10.9.